The van der Waals surface area contributed by atoms with Crippen molar-refractivity contribution in [3.8, 4) is 17.7 Å². The Bertz CT molecular complexity index is 1110. The van der Waals surface area contributed by atoms with E-state index < -0.39 is 42.8 Å². The zero-order valence-corrected chi connectivity index (χ0v) is 19.7. The van der Waals surface area contributed by atoms with Gasteiger partial charge in [0.2, 0.25) is 11.8 Å². The summed E-state index contributed by atoms with van der Waals surface area (Å²) in [4.78, 5) is 12.2. The molecule has 1 aliphatic rings. The number of halogens is 4. The molecule has 3 rings (SSSR count). The highest BCUT2D eigenvalue weighted by atomic mass is 35.5. The largest absolute Gasteiger partial charge is 0.478 e. The van der Waals surface area contributed by atoms with Gasteiger partial charge < -0.3 is 30.7 Å². The maximum Gasteiger partial charge on any atom is 0.405 e. The van der Waals surface area contributed by atoms with Crippen LogP contribution in [0.5, 0.6) is 5.88 Å². The van der Waals surface area contributed by atoms with Crippen molar-refractivity contribution < 1.29 is 33.2 Å². The summed E-state index contributed by atoms with van der Waals surface area (Å²) in [6.07, 6.45) is -6.78. The summed E-state index contributed by atoms with van der Waals surface area (Å²) < 4.78 is 43.3. The Hall–Kier alpha value is -2.85. The van der Waals surface area contributed by atoms with E-state index >= 15 is 0 Å². The van der Waals surface area contributed by atoms with Crippen molar-refractivity contribution in [1.29, 1.82) is 0 Å². The lowest BCUT2D eigenvalue weighted by molar-refractivity contribution is -0.115. The predicted octanol–water partition coefficient (Wildman–Crippen LogP) is 2.12. The zero-order chi connectivity index (χ0) is 25.8. The Balaban J connectivity index is 1.97. The molecule has 0 bridgehead atoms. The minimum atomic E-state index is -4.51. The van der Waals surface area contributed by atoms with E-state index in [1.54, 1.807) is 19.1 Å². The van der Waals surface area contributed by atoms with Crippen molar-refractivity contribution in [3.63, 3.8) is 0 Å². The fourth-order valence-corrected chi connectivity index (χ4v) is 3.78. The molecule has 4 unspecified atom stereocenters. The molecule has 190 valence electrons. The second-order valence-corrected chi connectivity index (χ2v) is 8.26. The average molecular weight is 516 g/mol. The number of anilines is 2. The summed E-state index contributed by atoms with van der Waals surface area (Å²) >= 11 is 6.26. The summed E-state index contributed by atoms with van der Waals surface area (Å²) in [5.41, 5.74) is 1.21. The van der Waals surface area contributed by atoms with E-state index in [1.165, 1.54) is 0 Å². The molecular weight excluding hydrogens is 491 g/mol. The van der Waals surface area contributed by atoms with E-state index in [1.807, 2.05) is 6.92 Å². The number of hydrogen-bond acceptors (Lipinski definition) is 9. The third kappa shape index (κ3) is 6.85. The van der Waals surface area contributed by atoms with Crippen molar-refractivity contribution in [2.75, 3.05) is 30.4 Å². The average Bonchev–Trinajstić information content (AvgIpc) is 3.06. The summed E-state index contributed by atoms with van der Waals surface area (Å²) in [6.45, 7) is 2.28. The Morgan fingerprint density at radius 2 is 1.91 bits per heavy atom. The molecule has 35 heavy (non-hydrogen) atoms. The van der Waals surface area contributed by atoms with Crippen molar-refractivity contribution in [2.45, 2.75) is 44.7 Å². The highest BCUT2D eigenvalue weighted by molar-refractivity contribution is 6.31. The number of nitrogens with zero attached hydrogens (tertiary/aromatic N) is 3. The predicted molar refractivity (Wildman–Crippen MR) is 122 cm³/mol. The van der Waals surface area contributed by atoms with Crippen LogP contribution in [0.15, 0.2) is 12.1 Å². The molecule has 1 aliphatic carbocycles. The molecule has 1 fully saturated rings. The van der Waals surface area contributed by atoms with Gasteiger partial charge in [-0.1, -0.05) is 23.4 Å². The zero-order valence-electron chi connectivity index (χ0n) is 18.9. The Morgan fingerprint density at radius 1 is 1.17 bits per heavy atom. The summed E-state index contributed by atoms with van der Waals surface area (Å²) in [7, 11) is 0. The number of aliphatic hydroxyl groups is 3. The lowest BCUT2D eigenvalue weighted by Gasteiger charge is -2.20. The van der Waals surface area contributed by atoms with Gasteiger partial charge in [0.05, 0.1) is 24.4 Å². The number of aliphatic hydroxyl groups excluding tert-OH is 3. The summed E-state index contributed by atoms with van der Waals surface area (Å²) in [5.74, 6) is 5.13. The van der Waals surface area contributed by atoms with E-state index in [0.717, 1.165) is 0 Å². The van der Waals surface area contributed by atoms with Crippen LogP contribution in [-0.2, 0) is 0 Å². The van der Waals surface area contributed by atoms with Crippen LogP contribution in [0, 0.1) is 24.7 Å². The van der Waals surface area contributed by atoms with Gasteiger partial charge >= 0.3 is 6.18 Å². The fourth-order valence-electron chi connectivity index (χ4n) is 3.56. The molecule has 0 amide bonds. The smallest absolute Gasteiger partial charge is 0.405 e. The number of aryl methyl sites for hydroxylation is 1. The summed E-state index contributed by atoms with van der Waals surface area (Å²) in [5, 5.41) is 34.6. The molecule has 5 N–H and O–H groups in total. The number of ether oxygens (including phenoxy) is 1. The van der Waals surface area contributed by atoms with E-state index in [2.05, 4.69) is 37.4 Å². The van der Waals surface area contributed by atoms with E-state index in [9.17, 15) is 28.5 Å². The standard InChI is InChI=1S/C22H25ClF3N5O4/c1-3-35-16-7-5-12(11(2)28-16)4-6-14-19(23)30-21(27-10-22(24,25)26)31-20(14)29-15-8-13(9-32)17(33)18(15)34/h5,7,13,15,17-18,32-34H,3,8-10H2,1-2H3,(H2,27,29,30,31). The van der Waals surface area contributed by atoms with Gasteiger partial charge in [-0.15, -0.1) is 0 Å². The number of pyridine rings is 1. The first-order chi connectivity index (χ1) is 16.5. The van der Waals surface area contributed by atoms with Gasteiger partial charge in [-0.05, 0) is 26.3 Å². The quantitative estimate of drug-likeness (QED) is 0.278. The van der Waals surface area contributed by atoms with Gasteiger partial charge in [-0.25, -0.2) is 4.98 Å². The van der Waals surface area contributed by atoms with Crippen LogP contribution in [0.1, 0.15) is 30.2 Å². The van der Waals surface area contributed by atoms with Crippen LogP contribution in [0.4, 0.5) is 24.9 Å². The molecule has 2 aromatic rings. The van der Waals surface area contributed by atoms with Crippen molar-refractivity contribution in [2.24, 2.45) is 5.92 Å². The molecule has 2 heterocycles. The first kappa shape index (κ1) is 26.7. The highest BCUT2D eigenvalue weighted by Gasteiger charge is 2.41. The van der Waals surface area contributed by atoms with Gasteiger partial charge in [0.15, 0.2) is 5.15 Å². The number of rotatable bonds is 7. The molecule has 1 saturated carbocycles. The second-order valence-electron chi connectivity index (χ2n) is 7.91. The second kappa shape index (κ2) is 11.3. The number of aromatic nitrogens is 3. The van der Waals surface area contributed by atoms with Crippen LogP contribution in [0.25, 0.3) is 0 Å². The first-order valence-corrected chi connectivity index (χ1v) is 11.1. The molecule has 13 heteroatoms. The minimum absolute atomic E-state index is 0.0337. The SMILES string of the molecule is CCOc1ccc(C#Cc2c(Cl)nc(NCC(F)(F)F)nc2NC2CC(CO)C(O)C2O)c(C)n1. The van der Waals surface area contributed by atoms with Crippen LogP contribution in [0.3, 0.4) is 0 Å². The van der Waals surface area contributed by atoms with Crippen LogP contribution < -0.4 is 15.4 Å². The van der Waals surface area contributed by atoms with Gasteiger partial charge in [-0.2, -0.15) is 23.1 Å². The monoisotopic (exact) mass is 515 g/mol. The molecule has 9 nitrogen and oxygen atoms in total. The number of hydrogen-bond donors (Lipinski definition) is 5. The maximum absolute atomic E-state index is 12.7. The minimum Gasteiger partial charge on any atom is -0.478 e. The Morgan fingerprint density at radius 3 is 2.51 bits per heavy atom. The topological polar surface area (TPSA) is 133 Å². The molecular formula is C22H25ClF3N5O4. The van der Waals surface area contributed by atoms with E-state index in [4.69, 9.17) is 16.3 Å². The fraction of sp³-hybridized carbons (Fsp3) is 0.500. The van der Waals surface area contributed by atoms with Gasteiger partial charge in [0.1, 0.15) is 24.0 Å². The van der Waals surface area contributed by atoms with Gasteiger partial charge in [-0.3, -0.25) is 0 Å². The molecule has 4 atom stereocenters. The molecule has 0 aromatic carbocycles. The molecule has 0 radical (unpaired) electrons. The van der Waals surface area contributed by atoms with Crippen LogP contribution in [0.2, 0.25) is 5.15 Å². The van der Waals surface area contributed by atoms with Crippen molar-refractivity contribution >= 4 is 23.4 Å². The van der Waals surface area contributed by atoms with E-state index in [-0.39, 0.29) is 29.6 Å². The lowest BCUT2D eigenvalue weighted by atomic mass is 10.1. The first-order valence-electron chi connectivity index (χ1n) is 10.8. The number of nitrogens with one attached hydrogen (secondary N) is 2. The van der Waals surface area contributed by atoms with Gasteiger partial charge in [0, 0.05) is 24.2 Å². The normalized spacial score (nSPS) is 21.9. The van der Waals surface area contributed by atoms with Crippen LogP contribution >= 0.6 is 11.6 Å². The van der Waals surface area contributed by atoms with Gasteiger partial charge in [0.25, 0.3) is 0 Å². The third-order valence-corrected chi connectivity index (χ3v) is 5.62. The van der Waals surface area contributed by atoms with Crippen molar-refractivity contribution in [3.05, 3.63) is 34.1 Å². The molecule has 2 aromatic heterocycles. The molecule has 0 saturated heterocycles. The maximum atomic E-state index is 12.7. The Labute approximate surface area is 204 Å². The van der Waals surface area contributed by atoms with E-state index in [0.29, 0.717) is 23.7 Å². The lowest BCUT2D eigenvalue weighted by Crippen LogP contribution is -2.36. The third-order valence-electron chi connectivity index (χ3n) is 5.34. The number of alkyl halides is 3. The highest BCUT2D eigenvalue weighted by Crippen LogP contribution is 2.31. The summed E-state index contributed by atoms with van der Waals surface area (Å²) in [6, 6.07) is 2.58. The molecule has 0 aliphatic heterocycles. The van der Waals surface area contributed by atoms with Crippen molar-refractivity contribution in [1.82, 2.24) is 15.0 Å². The Kier molecular flexibility index (Phi) is 8.60. The van der Waals surface area contributed by atoms with Crippen LogP contribution in [-0.4, -0.2) is 74.5 Å². The molecule has 0 spiro atoms.